The molecule has 1 N–H and O–H groups in total. The van der Waals surface area contributed by atoms with E-state index < -0.39 is 0 Å². The average Bonchev–Trinajstić information content (AvgIpc) is 3.27. The van der Waals surface area contributed by atoms with Crippen LogP contribution >= 0.6 is 11.3 Å². The van der Waals surface area contributed by atoms with E-state index in [1.807, 2.05) is 4.52 Å². The molecule has 0 bridgehead atoms. The molecule has 0 saturated heterocycles. The van der Waals surface area contributed by atoms with Crippen molar-refractivity contribution < 1.29 is 4.79 Å². The van der Waals surface area contributed by atoms with Crippen LogP contribution in [0, 0.1) is 0 Å². The molecule has 1 saturated carbocycles. The van der Waals surface area contributed by atoms with Crippen LogP contribution in [0.3, 0.4) is 0 Å². The summed E-state index contributed by atoms with van der Waals surface area (Å²) in [5.41, 5.74) is 2.65. The lowest BCUT2D eigenvalue weighted by Gasteiger charge is -2.19. The van der Waals surface area contributed by atoms with Gasteiger partial charge in [-0.25, -0.2) is 0 Å². The van der Waals surface area contributed by atoms with Crippen LogP contribution in [-0.4, -0.2) is 25.7 Å². The summed E-state index contributed by atoms with van der Waals surface area (Å²) in [6.07, 6.45) is 3.56. The van der Waals surface area contributed by atoms with Gasteiger partial charge in [0, 0.05) is 12.3 Å². The molecule has 1 aliphatic carbocycles. The molecular formula is C20H25N5OS. The largest absolute Gasteiger partial charge is 0.350 e. The maximum absolute atomic E-state index is 12.2. The van der Waals surface area contributed by atoms with Crippen molar-refractivity contribution in [2.24, 2.45) is 0 Å². The van der Waals surface area contributed by atoms with Crippen molar-refractivity contribution >= 4 is 22.2 Å². The lowest BCUT2D eigenvalue weighted by Crippen LogP contribution is -2.23. The maximum Gasteiger partial charge on any atom is 0.234 e. The summed E-state index contributed by atoms with van der Waals surface area (Å²) in [4.78, 5) is 13.0. The van der Waals surface area contributed by atoms with Crippen molar-refractivity contribution in [2.75, 3.05) is 0 Å². The average molecular weight is 384 g/mol. The molecule has 2 heterocycles. The summed E-state index contributed by atoms with van der Waals surface area (Å²) >= 11 is 1.49. The fraction of sp³-hybridized carbons (Fsp3) is 0.500. The summed E-state index contributed by atoms with van der Waals surface area (Å²) in [5.74, 6) is 1.51. The number of hydrogen-bond donors (Lipinski definition) is 1. The van der Waals surface area contributed by atoms with Crippen molar-refractivity contribution in [3.63, 3.8) is 0 Å². The normalized spacial score (nSPS) is 14.6. The summed E-state index contributed by atoms with van der Waals surface area (Å²) in [6.45, 7) is 7.05. The van der Waals surface area contributed by atoms with Crippen LogP contribution < -0.4 is 5.32 Å². The number of hydrogen-bond acceptors (Lipinski definition) is 5. The van der Waals surface area contributed by atoms with Crippen LogP contribution in [0.5, 0.6) is 0 Å². The zero-order valence-corrected chi connectivity index (χ0v) is 16.8. The molecule has 27 heavy (non-hydrogen) atoms. The zero-order valence-electron chi connectivity index (χ0n) is 16.0. The van der Waals surface area contributed by atoms with Gasteiger partial charge in [0.2, 0.25) is 10.9 Å². The van der Waals surface area contributed by atoms with Crippen LogP contribution in [0.2, 0.25) is 0 Å². The Bertz CT molecular complexity index is 947. The zero-order chi connectivity index (χ0) is 19.0. The van der Waals surface area contributed by atoms with Gasteiger partial charge in [0.15, 0.2) is 5.82 Å². The minimum absolute atomic E-state index is 0.0447. The molecule has 1 amide bonds. The Balaban J connectivity index is 1.28. The Morgan fingerprint density at radius 3 is 2.63 bits per heavy atom. The SMILES string of the molecule is CC(C)(C)c1ccc(CCC(=O)NCc2nn3c(C4CC4)nnc3s2)cc1. The van der Waals surface area contributed by atoms with E-state index in [0.29, 0.717) is 18.9 Å². The molecule has 3 aromatic rings. The van der Waals surface area contributed by atoms with Crippen molar-refractivity contribution in [3.05, 3.63) is 46.2 Å². The highest BCUT2D eigenvalue weighted by Gasteiger charge is 2.30. The third kappa shape index (κ3) is 4.18. The molecule has 2 aromatic heterocycles. The number of carbonyl (C=O) groups is 1. The molecule has 0 radical (unpaired) electrons. The van der Waals surface area contributed by atoms with Gasteiger partial charge in [-0.2, -0.15) is 9.61 Å². The Kier molecular flexibility index (Phi) is 4.72. The van der Waals surface area contributed by atoms with Crippen LogP contribution in [0.4, 0.5) is 0 Å². The topological polar surface area (TPSA) is 72.2 Å². The second-order valence-corrected chi connectivity index (χ2v) is 9.29. The number of benzene rings is 1. The van der Waals surface area contributed by atoms with Gasteiger partial charge in [-0.3, -0.25) is 4.79 Å². The molecule has 7 heteroatoms. The number of rotatable bonds is 6. The first-order valence-corrected chi connectivity index (χ1v) is 10.3. The van der Waals surface area contributed by atoms with E-state index in [4.69, 9.17) is 0 Å². The second-order valence-electron chi connectivity index (χ2n) is 8.25. The van der Waals surface area contributed by atoms with Crippen molar-refractivity contribution in [1.29, 1.82) is 0 Å². The van der Waals surface area contributed by atoms with E-state index >= 15 is 0 Å². The minimum Gasteiger partial charge on any atom is -0.350 e. The van der Waals surface area contributed by atoms with E-state index in [1.165, 1.54) is 35.3 Å². The number of fused-ring (bicyclic) bond motifs is 1. The first-order chi connectivity index (χ1) is 12.9. The Labute approximate surface area is 163 Å². The standard InChI is InChI=1S/C20H25N5OS/c1-20(2,3)15-9-4-13(5-10-15)6-11-16(26)21-12-17-24-25-18(14-7-8-14)22-23-19(25)27-17/h4-5,9-10,14H,6-8,11-12H2,1-3H3,(H,21,26). The van der Waals surface area contributed by atoms with Crippen LogP contribution in [0.25, 0.3) is 4.96 Å². The van der Waals surface area contributed by atoms with Gasteiger partial charge >= 0.3 is 0 Å². The van der Waals surface area contributed by atoms with Crippen molar-refractivity contribution in [3.8, 4) is 0 Å². The van der Waals surface area contributed by atoms with Gasteiger partial charge in [-0.1, -0.05) is 56.4 Å². The highest BCUT2D eigenvalue weighted by Crippen LogP contribution is 2.39. The van der Waals surface area contributed by atoms with E-state index in [1.54, 1.807) is 0 Å². The number of amides is 1. The van der Waals surface area contributed by atoms with Gasteiger partial charge in [0.1, 0.15) is 5.01 Å². The first-order valence-electron chi connectivity index (χ1n) is 9.47. The third-order valence-corrected chi connectivity index (χ3v) is 5.80. The van der Waals surface area contributed by atoms with Crippen LogP contribution in [0.1, 0.15) is 67.9 Å². The second kappa shape index (κ2) is 7.03. The molecule has 1 aromatic carbocycles. The molecular weight excluding hydrogens is 358 g/mol. The highest BCUT2D eigenvalue weighted by molar-refractivity contribution is 7.16. The fourth-order valence-corrected chi connectivity index (χ4v) is 3.81. The van der Waals surface area contributed by atoms with E-state index in [0.717, 1.165) is 22.2 Å². The van der Waals surface area contributed by atoms with E-state index in [9.17, 15) is 4.79 Å². The number of nitrogens with one attached hydrogen (secondary N) is 1. The van der Waals surface area contributed by atoms with E-state index in [2.05, 4.69) is 65.6 Å². The summed E-state index contributed by atoms with van der Waals surface area (Å²) in [5, 5.41) is 16.8. The summed E-state index contributed by atoms with van der Waals surface area (Å²) in [7, 11) is 0. The maximum atomic E-state index is 12.2. The Hall–Kier alpha value is -2.28. The highest BCUT2D eigenvalue weighted by atomic mass is 32.1. The lowest BCUT2D eigenvalue weighted by atomic mass is 9.86. The molecule has 4 rings (SSSR count). The molecule has 142 valence electrons. The predicted octanol–water partition coefficient (Wildman–Crippen LogP) is 3.61. The summed E-state index contributed by atoms with van der Waals surface area (Å²) < 4.78 is 1.83. The number of aromatic nitrogens is 4. The van der Waals surface area contributed by atoms with Crippen LogP contribution in [-0.2, 0) is 23.2 Å². The van der Waals surface area contributed by atoms with Gasteiger partial charge in [-0.05, 0) is 35.8 Å². The van der Waals surface area contributed by atoms with Gasteiger partial charge in [-0.15, -0.1) is 10.2 Å². The molecule has 0 atom stereocenters. The molecule has 0 aliphatic heterocycles. The monoisotopic (exact) mass is 383 g/mol. The quantitative estimate of drug-likeness (QED) is 0.706. The lowest BCUT2D eigenvalue weighted by molar-refractivity contribution is -0.121. The number of nitrogens with zero attached hydrogens (tertiary/aromatic N) is 4. The van der Waals surface area contributed by atoms with E-state index in [-0.39, 0.29) is 11.3 Å². The molecule has 1 aliphatic rings. The summed E-state index contributed by atoms with van der Waals surface area (Å²) in [6, 6.07) is 8.56. The van der Waals surface area contributed by atoms with Crippen LogP contribution in [0.15, 0.2) is 24.3 Å². The molecule has 1 fully saturated rings. The molecule has 6 nitrogen and oxygen atoms in total. The van der Waals surface area contributed by atoms with Gasteiger partial charge < -0.3 is 5.32 Å². The van der Waals surface area contributed by atoms with Crippen molar-refractivity contribution in [2.45, 2.75) is 64.3 Å². The van der Waals surface area contributed by atoms with Gasteiger partial charge in [0.05, 0.1) is 6.54 Å². The minimum atomic E-state index is 0.0447. The van der Waals surface area contributed by atoms with Crippen molar-refractivity contribution in [1.82, 2.24) is 25.1 Å². The third-order valence-electron chi connectivity index (χ3n) is 4.90. The Morgan fingerprint density at radius 2 is 1.96 bits per heavy atom. The first kappa shape index (κ1) is 18.1. The smallest absolute Gasteiger partial charge is 0.234 e. The van der Waals surface area contributed by atoms with Gasteiger partial charge in [0.25, 0.3) is 0 Å². The Morgan fingerprint density at radius 1 is 1.22 bits per heavy atom. The predicted molar refractivity (Wildman–Crippen MR) is 106 cm³/mol. The molecule has 0 spiro atoms. The number of aryl methyl sites for hydroxylation is 1. The fourth-order valence-electron chi connectivity index (χ4n) is 3.03. The molecule has 0 unspecified atom stereocenters. The number of carbonyl (C=O) groups excluding carboxylic acids is 1.